The molecule has 1 saturated heterocycles. The minimum atomic E-state index is -0.283. The number of hydrogen-bond donors (Lipinski definition) is 1. The molecule has 106 valence electrons. The molecule has 3 nitrogen and oxygen atoms in total. The van der Waals surface area contributed by atoms with Crippen LogP contribution in [0.25, 0.3) is 0 Å². The van der Waals surface area contributed by atoms with Crippen LogP contribution in [-0.2, 0) is 9.47 Å². The van der Waals surface area contributed by atoms with Crippen LogP contribution in [0.15, 0.2) is 24.3 Å². The van der Waals surface area contributed by atoms with Gasteiger partial charge in [-0.3, -0.25) is 0 Å². The Morgan fingerprint density at radius 2 is 2.05 bits per heavy atom. The van der Waals surface area contributed by atoms with Crippen LogP contribution < -0.4 is 5.32 Å². The molecule has 19 heavy (non-hydrogen) atoms. The molecule has 1 heterocycles. The lowest BCUT2D eigenvalue weighted by Gasteiger charge is -2.32. The molecular formula is C15H22FNO2. The van der Waals surface area contributed by atoms with Gasteiger partial charge in [-0.25, -0.2) is 4.39 Å². The van der Waals surface area contributed by atoms with Crippen molar-refractivity contribution in [3.63, 3.8) is 0 Å². The van der Waals surface area contributed by atoms with E-state index in [1.165, 1.54) is 6.07 Å². The maximum atomic E-state index is 13.9. The number of rotatable bonds is 5. The highest BCUT2D eigenvalue weighted by molar-refractivity contribution is 5.20. The van der Waals surface area contributed by atoms with Gasteiger partial charge in [0.1, 0.15) is 11.9 Å². The van der Waals surface area contributed by atoms with E-state index in [-0.39, 0.29) is 23.6 Å². The molecular weight excluding hydrogens is 245 g/mol. The van der Waals surface area contributed by atoms with Gasteiger partial charge in [-0.1, -0.05) is 18.2 Å². The monoisotopic (exact) mass is 267 g/mol. The molecule has 4 heteroatoms. The summed E-state index contributed by atoms with van der Waals surface area (Å²) in [7, 11) is 0. The topological polar surface area (TPSA) is 30.5 Å². The standard InChI is InChI=1S/C15H22FNO2/c1-15(2,3)17-8-14(19-11-9-18-10-11)12-6-4-5-7-13(12)16/h4-7,11,14,17H,8-10H2,1-3H3. The van der Waals surface area contributed by atoms with Crippen molar-refractivity contribution in [2.24, 2.45) is 0 Å². The molecule has 0 radical (unpaired) electrons. The van der Waals surface area contributed by atoms with Crippen LogP contribution in [0.3, 0.4) is 0 Å². The Bertz CT molecular complexity index is 413. The van der Waals surface area contributed by atoms with Gasteiger partial charge in [-0.2, -0.15) is 0 Å². The summed E-state index contributed by atoms with van der Waals surface area (Å²) in [4.78, 5) is 0. The second kappa shape index (κ2) is 5.99. The Hall–Kier alpha value is -0.970. The highest BCUT2D eigenvalue weighted by Gasteiger charge is 2.26. The second-order valence-corrected chi connectivity index (χ2v) is 5.94. The number of nitrogens with one attached hydrogen (secondary N) is 1. The number of halogens is 1. The van der Waals surface area contributed by atoms with Crippen LogP contribution in [0.2, 0.25) is 0 Å². The summed E-state index contributed by atoms with van der Waals surface area (Å²) >= 11 is 0. The molecule has 2 rings (SSSR count). The molecule has 1 unspecified atom stereocenters. The Kier molecular flexibility index (Phi) is 4.55. The number of hydrogen-bond acceptors (Lipinski definition) is 3. The van der Waals surface area contributed by atoms with Crippen LogP contribution in [-0.4, -0.2) is 31.4 Å². The first kappa shape index (κ1) is 14.4. The molecule has 0 amide bonds. The van der Waals surface area contributed by atoms with E-state index in [2.05, 4.69) is 26.1 Å². The largest absolute Gasteiger partial charge is 0.376 e. The Morgan fingerprint density at radius 1 is 1.37 bits per heavy atom. The van der Waals surface area contributed by atoms with E-state index < -0.39 is 0 Å². The zero-order valence-corrected chi connectivity index (χ0v) is 11.8. The molecule has 1 aliphatic heterocycles. The number of benzene rings is 1. The molecule has 1 atom stereocenters. The predicted molar refractivity (Wildman–Crippen MR) is 72.6 cm³/mol. The fourth-order valence-corrected chi connectivity index (χ4v) is 1.89. The quantitative estimate of drug-likeness (QED) is 0.889. The van der Waals surface area contributed by atoms with Crippen molar-refractivity contribution in [3.8, 4) is 0 Å². The van der Waals surface area contributed by atoms with Crippen molar-refractivity contribution in [3.05, 3.63) is 35.6 Å². The van der Waals surface area contributed by atoms with Gasteiger partial charge in [0.25, 0.3) is 0 Å². The van der Waals surface area contributed by atoms with E-state index in [4.69, 9.17) is 9.47 Å². The third-order valence-electron chi connectivity index (χ3n) is 3.03. The van der Waals surface area contributed by atoms with Gasteiger partial charge in [-0.15, -0.1) is 0 Å². The zero-order valence-electron chi connectivity index (χ0n) is 11.8. The molecule has 1 aromatic rings. The molecule has 0 spiro atoms. The second-order valence-electron chi connectivity index (χ2n) is 5.94. The normalized spacial score (nSPS) is 18.1. The average Bonchev–Trinajstić information content (AvgIpc) is 2.27. The van der Waals surface area contributed by atoms with Crippen LogP contribution >= 0.6 is 0 Å². The summed E-state index contributed by atoms with van der Waals surface area (Å²) in [5.41, 5.74) is 0.578. The maximum absolute atomic E-state index is 13.9. The van der Waals surface area contributed by atoms with Crippen LogP contribution in [0.1, 0.15) is 32.4 Å². The number of ether oxygens (including phenoxy) is 2. The fraction of sp³-hybridized carbons (Fsp3) is 0.600. The van der Waals surface area contributed by atoms with E-state index in [0.717, 1.165) is 0 Å². The first-order valence-corrected chi connectivity index (χ1v) is 6.68. The van der Waals surface area contributed by atoms with Crippen molar-refractivity contribution >= 4 is 0 Å². The molecule has 0 aliphatic carbocycles. The van der Waals surface area contributed by atoms with Crippen LogP contribution in [0.4, 0.5) is 4.39 Å². The zero-order chi connectivity index (χ0) is 13.9. The van der Waals surface area contributed by atoms with Crippen LogP contribution in [0, 0.1) is 5.82 Å². The van der Waals surface area contributed by atoms with Crippen molar-refractivity contribution in [2.45, 2.75) is 38.5 Å². The first-order valence-electron chi connectivity index (χ1n) is 6.68. The van der Waals surface area contributed by atoms with Crippen molar-refractivity contribution in [1.82, 2.24) is 5.32 Å². The summed E-state index contributed by atoms with van der Waals surface area (Å²) in [6.07, 6.45) is -0.208. The molecule has 1 fully saturated rings. The van der Waals surface area contributed by atoms with Gasteiger partial charge in [-0.05, 0) is 26.8 Å². The van der Waals surface area contributed by atoms with Crippen molar-refractivity contribution in [2.75, 3.05) is 19.8 Å². The third-order valence-corrected chi connectivity index (χ3v) is 3.03. The molecule has 1 aliphatic rings. The lowest BCUT2D eigenvalue weighted by molar-refractivity contribution is -0.156. The van der Waals surface area contributed by atoms with E-state index in [1.807, 2.05) is 6.07 Å². The average molecular weight is 267 g/mol. The Labute approximate surface area is 114 Å². The van der Waals surface area contributed by atoms with E-state index in [9.17, 15) is 4.39 Å². The van der Waals surface area contributed by atoms with E-state index >= 15 is 0 Å². The molecule has 1 N–H and O–H groups in total. The highest BCUT2D eigenvalue weighted by Crippen LogP contribution is 2.24. The maximum Gasteiger partial charge on any atom is 0.129 e. The molecule has 0 bridgehead atoms. The summed E-state index contributed by atoms with van der Waals surface area (Å²) in [5.74, 6) is -0.219. The minimum Gasteiger partial charge on any atom is -0.376 e. The summed E-state index contributed by atoms with van der Waals surface area (Å²) in [6.45, 7) is 8.02. The SMILES string of the molecule is CC(C)(C)NCC(OC1COC1)c1ccccc1F. The Balaban J connectivity index is 2.06. The third kappa shape index (κ3) is 4.27. The van der Waals surface area contributed by atoms with Gasteiger partial charge >= 0.3 is 0 Å². The fourth-order valence-electron chi connectivity index (χ4n) is 1.89. The van der Waals surface area contributed by atoms with Gasteiger partial charge in [0.15, 0.2) is 0 Å². The molecule has 1 aromatic carbocycles. The van der Waals surface area contributed by atoms with Gasteiger partial charge in [0.05, 0.1) is 19.3 Å². The van der Waals surface area contributed by atoms with Crippen LogP contribution in [0.5, 0.6) is 0 Å². The van der Waals surface area contributed by atoms with E-state index in [1.54, 1.807) is 12.1 Å². The highest BCUT2D eigenvalue weighted by atomic mass is 19.1. The van der Waals surface area contributed by atoms with E-state index in [0.29, 0.717) is 25.3 Å². The van der Waals surface area contributed by atoms with Gasteiger partial charge < -0.3 is 14.8 Å². The smallest absolute Gasteiger partial charge is 0.129 e. The van der Waals surface area contributed by atoms with Crippen molar-refractivity contribution < 1.29 is 13.9 Å². The van der Waals surface area contributed by atoms with Crippen molar-refractivity contribution in [1.29, 1.82) is 0 Å². The lowest BCUT2D eigenvalue weighted by atomic mass is 10.1. The van der Waals surface area contributed by atoms with Gasteiger partial charge in [0, 0.05) is 17.6 Å². The summed E-state index contributed by atoms with van der Waals surface area (Å²) in [6, 6.07) is 6.78. The summed E-state index contributed by atoms with van der Waals surface area (Å²) in [5, 5.41) is 3.37. The molecule has 0 saturated carbocycles. The minimum absolute atomic E-state index is 0.0248. The predicted octanol–water partition coefficient (Wildman–Crippen LogP) is 2.67. The Morgan fingerprint density at radius 3 is 2.58 bits per heavy atom. The molecule has 0 aromatic heterocycles. The summed E-state index contributed by atoms with van der Waals surface area (Å²) < 4.78 is 24.9. The lowest BCUT2D eigenvalue weighted by Crippen LogP contribution is -2.43. The first-order chi connectivity index (χ1) is 8.96. The van der Waals surface area contributed by atoms with Gasteiger partial charge in [0.2, 0.25) is 0 Å².